The fourth-order valence-electron chi connectivity index (χ4n) is 1.13. The maximum absolute atomic E-state index is 11.2. The van der Waals surface area contributed by atoms with Crippen LogP contribution in [0, 0.1) is 5.92 Å². The quantitative estimate of drug-likeness (QED) is 0.543. The van der Waals surface area contributed by atoms with Crippen molar-refractivity contribution in [2.24, 2.45) is 5.92 Å². The Balaban J connectivity index is 3.12. The second-order valence-electron chi connectivity index (χ2n) is 3.34. The number of Topliss-reactive ketones (excluding diaryl/α,β-unsaturated/α-hetero) is 1. The number of rotatable bonds is 3. The minimum atomic E-state index is -0.204. The van der Waals surface area contributed by atoms with Crippen molar-refractivity contribution in [2.45, 2.75) is 13.8 Å². The third-order valence-electron chi connectivity index (χ3n) is 2.31. The molecule has 0 spiro atoms. The monoisotopic (exact) mass is 222 g/mol. The van der Waals surface area contributed by atoms with Crippen LogP contribution >= 0.6 is 11.6 Å². The first kappa shape index (κ1) is 11.7. The van der Waals surface area contributed by atoms with Gasteiger partial charge in [0.25, 0.3) is 0 Å². The van der Waals surface area contributed by atoms with E-state index in [4.69, 9.17) is 11.6 Å². The van der Waals surface area contributed by atoms with E-state index >= 15 is 0 Å². The normalized spacial score (nSPS) is 17.1. The van der Waals surface area contributed by atoms with E-state index in [0.29, 0.717) is 11.9 Å². The lowest BCUT2D eigenvalue weighted by Gasteiger charge is -2.06. The second kappa shape index (κ2) is 4.92. The number of aldehydes is 1. The molecule has 0 aromatic rings. The summed E-state index contributed by atoms with van der Waals surface area (Å²) >= 11 is 5.79. The summed E-state index contributed by atoms with van der Waals surface area (Å²) in [6.07, 6.45) is 5.63. The molecule has 0 amide bonds. The molecule has 0 aromatic heterocycles. The smallest absolute Gasteiger partial charge is 0.152 e. The van der Waals surface area contributed by atoms with E-state index in [0.717, 1.165) is 5.57 Å². The topological polar surface area (TPSA) is 34.1 Å². The Morgan fingerprint density at radius 1 is 1.53 bits per heavy atom. The maximum atomic E-state index is 11.2. The van der Waals surface area contributed by atoms with Gasteiger partial charge in [0.05, 0.1) is 5.03 Å². The van der Waals surface area contributed by atoms with Gasteiger partial charge in [0.15, 0.2) is 6.29 Å². The molecule has 0 fully saturated rings. The van der Waals surface area contributed by atoms with Crippen LogP contribution < -0.4 is 0 Å². The van der Waals surface area contributed by atoms with Gasteiger partial charge in [-0.1, -0.05) is 30.3 Å². The molecule has 0 saturated heterocycles. The van der Waals surface area contributed by atoms with Crippen molar-refractivity contribution in [3.8, 4) is 0 Å². The fourth-order valence-corrected chi connectivity index (χ4v) is 1.29. The average Bonchev–Trinajstić information content (AvgIpc) is 2.39. The Morgan fingerprint density at radius 2 is 2.20 bits per heavy atom. The van der Waals surface area contributed by atoms with Crippen molar-refractivity contribution in [3.05, 3.63) is 40.1 Å². The molecule has 3 heteroatoms. The Hall–Kier alpha value is -1.37. The number of hydrogen-bond acceptors (Lipinski definition) is 2. The average molecular weight is 223 g/mol. The largest absolute Gasteiger partial charge is 0.299 e. The summed E-state index contributed by atoms with van der Waals surface area (Å²) in [5.74, 6) is -0.136. The zero-order chi connectivity index (χ0) is 11.4. The van der Waals surface area contributed by atoms with Crippen LogP contribution in [0.5, 0.6) is 0 Å². The lowest BCUT2D eigenvalue weighted by Crippen LogP contribution is -2.07. The van der Waals surface area contributed by atoms with Gasteiger partial charge in [-0.25, -0.2) is 0 Å². The number of ketones is 1. The van der Waals surface area contributed by atoms with Crippen molar-refractivity contribution >= 4 is 23.7 Å². The first-order chi connectivity index (χ1) is 7.06. The predicted octanol–water partition coefficient (Wildman–Crippen LogP) is 2.55. The number of halogens is 1. The van der Waals surface area contributed by atoms with Crippen molar-refractivity contribution in [3.63, 3.8) is 0 Å². The van der Waals surface area contributed by atoms with Crippen molar-refractivity contribution in [1.29, 1.82) is 0 Å². The molecule has 1 rings (SSSR count). The van der Waals surface area contributed by atoms with Gasteiger partial charge >= 0.3 is 0 Å². The van der Waals surface area contributed by atoms with Gasteiger partial charge in [0.2, 0.25) is 0 Å². The summed E-state index contributed by atoms with van der Waals surface area (Å²) in [6.45, 7) is 3.33. The summed E-state index contributed by atoms with van der Waals surface area (Å²) in [7, 11) is 0. The summed E-state index contributed by atoms with van der Waals surface area (Å²) < 4.78 is 0. The standard InChI is InChI=1S/C12H11ClO2/c1-8(9(2)15)10-3-4-11(7-14)12(13)6-5-10/h3-5,7-8H,1-2H3. The van der Waals surface area contributed by atoms with Crippen LogP contribution in [0.4, 0.5) is 0 Å². The van der Waals surface area contributed by atoms with E-state index in [1.165, 1.54) is 6.92 Å². The third kappa shape index (κ3) is 2.79. The summed E-state index contributed by atoms with van der Waals surface area (Å²) in [4.78, 5) is 21.8. The molecule has 0 saturated carbocycles. The zero-order valence-electron chi connectivity index (χ0n) is 8.58. The molecule has 0 heterocycles. The molecule has 1 aliphatic carbocycles. The highest BCUT2D eigenvalue weighted by Crippen LogP contribution is 2.20. The highest BCUT2D eigenvalue weighted by Gasteiger charge is 2.12. The minimum absolute atomic E-state index is 0.0679. The van der Waals surface area contributed by atoms with E-state index in [1.54, 1.807) is 25.2 Å². The predicted molar refractivity (Wildman–Crippen MR) is 59.5 cm³/mol. The first-order valence-electron chi connectivity index (χ1n) is 4.56. The molecule has 0 bridgehead atoms. The van der Waals surface area contributed by atoms with Crippen LogP contribution in [0.25, 0.3) is 0 Å². The van der Waals surface area contributed by atoms with E-state index in [9.17, 15) is 9.59 Å². The van der Waals surface area contributed by atoms with Gasteiger partial charge in [-0.2, -0.15) is 0 Å². The van der Waals surface area contributed by atoms with Crippen LogP contribution in [-0.4, -0.2) is 12.1 Å². The van der Waals surface area contributed by atoms with E-state index < -0.39 is 0 Å². The highest BCUT2D eigenvalue weighted by molar-refractivity contribution is 6.34. The second-order valence-corrected chi connectivity index (χ2v) is 3.72. The van der Waals surface area contributed by atoms with E-state index in [-0.39, 0.29) is 16.7 Å². The molecular formula is C12H11ClO2. The fraction of sp³-hybridized carbons (Fsp3) is 0.250. The van der Waals surface area contributed by atoms with Crippen LogP contribution in [0.15, 0.2) is 40.1 Å². The molecular weight excluding hydrogens is 212 g/mol. The molecule has 1 atom stereocenters. The van der Waals surface area contributed by atoms with Crippen molar-refractivity contribution in [1.82, 2.24) is 0 Å². The minimum Gasteiger partial charge on any atom is -0.299 e. The maximum Gasteiger partial charge on any atom is 0.152 e. The van der Waals surface area contributed by atoms with Crippen LogP contribution in [0.3, 0.4) is 0 Å². The van der Waals surface area contributed by atoms with Gasteiger partial charge in [-0.15, -0.1) is 0 Å². The van der Waals surface area contributed by atoms with E-state index in [2.05, 4.69) is 5.73 Å². The number of allylic oxidation sites excluding steroid dienone is 5. The number of hydrogen-bond donors (Lipinski definition) is 0. The van der Waals surface area contributed by atoms with Crippen LogP contribution in [-0.2, 0) is 9.59 Å². The lowest BCUT2D eigenvalue weighted by molar-refractivity contribution is -0.119. The first-order valence-corrected chi connectivity index (χ1v) is 4.94. The number of carbonyl (C=O) groups excluding carboxylic acids is 2. The summed E-state index contributed by atoms with van der Waals surface area (Å²) in [6, 6.07) is 0. The molecule has 0 aromatic carbocycles. The Morgan fingerprint density at radius 3 is 2.73 bits per heavy atom. The highest BCUT2D eigenvalue weighted by atomic mass is 35.5. The van der Waals surface area contributed by atoms with Crippen LogP contribution in [0.2, 0.25) is 0 Å². The molecule has 0 aliphatic heterocycles. The molecule has 15 heavy (non-hydrogen) atoms. The van der Waals surface area contributed by atoms with Crippen LogP contribution in [0.1, 0.15) is 13.8 Å². The van der Waals surface area contributed by atoms with Gasteiger partial charge < -0.3 is 0 Å². The summed E-state index contributed by atoms with van der Waals surface area (Å²) in [5.41, 5.74) is 3.95. The van der Waals surface area contributed by atoms with Gasteiger partial charge in [-0.3, -0.25) is 9.59 Å². The SMILES string of the molecule is CC(=O)C(C)C1=CC=C(C=O)C(Cl)=C=C1. The van der Waals surface area contributed by atoms with Gasteiger partial charge in [0, 0.05) is 11.5 Å². The molecule has 0 N–H and O–H groups in total. The zero-order valence-corrected chi connectivity index (χ0v) is 9.34. The molecule has 78 valence electrons. The lowest BCUT2D eigenvalue weighted by atomic mass is 9.97. The molecule has 2 nitrogen and oxygen atoms in total. The third-order valence-corrected chi connectivity index (χ3v) is 2.64. The van der Waals surface area contributed by atoms with Gasteiger partial charge in [-0.05, 0) is 24.6 Å². The Bertz CT molecular complexity index is 421. The van der Waals surface area contributed by atoms with Crippen molar-refractivity contribution in [2.75, 3.05) is 0 Å². The Labute approximate surface area is 93.6 Å². The van der Waals surface area contributed by atoms with Gasteiger partial charge in [0.1, 0.15) is 5.78 Å². The molecule has 0 radical (unpaired) electrons. The van der Waals surface area contributed by atoms with Crippen molar-refractivity contribution < 1.29 is 9.59 Å². The Kier molecular flexibility index (Phi) is 3.84. The summed E-state index contributed by atoms with van der Waals surface area (Å²) in [5, 5.41) is 0.270. The molecule has 1 unspecified atom stereocenters. The number of carbonyl (C=O) groups is 2. The molecule has 1 aliphatic rings. The van der Waals surface area contributed by atoms with E-state index in [1.807, 2.05) is 0 Å².